The molecule has 0 amide bonds. The molecule has 0 aliphatic rings. The zero-order chi connectivity index (χ0) is 17.1. The standard InChI is InChI=1S/C21H26N2O/c1-15-7-6-9-18(13-15)21(16(2)20(24)14-22-3)23-12-11-17-8-4-5-10-19(17)23/h4-13,16,20-22,24H,14H2,1-3H3/t16?,20-,21?/m1/s1. The Labute approximate surface area is 143 Å². The number of nitrogens with one attached hydrogen (secondary N) is 1. The van der Waals surface area contributed by atoms with Gasteiger partial charge in [-0.05, 0) is 37.1 Å². The summed E-state index contributed by atoms with van der Waals surface area (Å²) in [6.07, 6.45) is 1.72. The molecular formula is C21H26N2O. The molecule has 0 saturated carbocycles. The highest BCUT2D eigenvalue weighted by atomic mass is 16.3. The predicted molar refractivity (Wildman–Crippen MR) is 100 cm³/mol. The van der Waals surface area contributed by atoms with E-state index in [1.807, 2.05) is 7.05 Å². The molecule has 3 aromatic rings. The predicted octanol–water partition coefficient (Wildman–Crippen LogP) is 3.76. The molecule has 0 saturated heterocycles. The number of nitrogens with zero attached hydrogens (tertiary/aromatic N) is 1. The van der Waals surface area contributed by atoms with Crippen molar-refractivity contribution in [3.05, 3.63) is 71.9 Å². The average Bonchev–Trinajstić information content (AvgIpc) is 2.99. The van der Waals surface area contributed by atoms with E-state index >= 15 is 0 Å². The van der Waals surface area contributed by atoms with Crippen molar-refractivity contribution in [1.82, 2.24) is 9.88 Å². The van der Waals surface area contributed by atoms with Gasteiger partial charge in [0.2, 0.25) is 0 Å². The highest BCUT2D eigenvalue weighted by Gasteiger charge is 2.27. The fourth-order valence-corrected chi connectivity index (χ4v) is 3.52. The molecular weight excluding hydrogens is 296 g/mol. The van der Waals surface area contributed by atoms with Crippen LogP contribution < -0.4 is 5.32 Å². The summed E-state index contributed by atoms with van der Waals surface area (Å²) in [4.78, 5) is 0. The normalized spacial score (nSPS) is 15.3. The van der Waals surface area contributed by atoms with Gasteiger partial charge in [-0.15, -0.1) is 0 Å². The van der Waals surface area contributed by atoms with Crippen molar-refractivity contribution in [3.8, 4) is 0 Å². The van der Waals surface area contributed by atoms with E-state index in [4.69, 9.17) is 0 Å². The Hall–Kier alpha value is -2.10. The van der Waals surface area contributed by atoms with Crippen molar-refractivity contribution in [2.24, 2.45) is 5.92 Å². The molecule has 1 aromatic heterocycles. The molecule has 0 radical (unpaired) electrons. The van der Waals surface area contributed by atoms with Crippen molar-refractivity contribution >= 4 is 10.9 Å². The Morgan fingerprint density at radius 2 is 1.88 bits per heavy atom. The van der Waals surface area contributed by atoms with Gasteiger partial charge in [-0.25, -0.2) is 0 Å². The Morgan fingerprint density at radius 1 is 1.08 bits per heavy atom. The summed E-state index contributed by atoms with van der Waals surface area (Å²) in [5, 5.41) is 14.9. The van der Waals surface area contributed by atoms with Crippen LogP contribution in [0, 0.1) is 12.8 Å². The molecule has 0 spiro atoms. The molecule has 3 atom stereocenters. The molecule has 3 rings (SSSR count). The minimum atomic E-state index is -0.415. The molecule has 1 heterocycles. The largest absolute Gasteiger partial charge is 0.391 e. The van der Waals surface area contributed by atoms with Crippen molar-refractivity contribution in [3.63, 3.8) is 0 Å². The lowest BCUT2D eigenvalue weighted by Crippen LogP contribution is -2.35. The number of aliphatic hydroxyl groups is 1. The van der Waals surface area contributed by atoms with Crippen LogP contribution in [0.2, 0.25) is 0 Å². The van der Waals surface area contributed by atoms with Crippen LogP contribution in [0.3, 0.4) is 0 Å². The number of rotatable bonds is 6. The third kappa shape index (κ3) is 3.23. The third-order valence-corrected chi connectivity index (χ3v) is 4.83. The van der Waals surface area contributed by atoms with Crippen molar-refractivity contribution in [1.29, 1.82) is 0 Å². The highest BCUT2D eigenvalue weighted by molar-refractivity contribution is 5.80. The number of likely N-dealkylation sites (N-methyl/N-ethyl adjacent to an activating group) is 1. The van der Waals surface area contributed by atoms with Crippen LogP contribution in [0.15, 0.2) is 60.8 Å². The fraction of sp³-hybridized carbons (Fsp3) is 0.333. The quantitative estimate of drug-likeness (QED) is 0.725. The van der Waals surface area contributed by atoms with Crippen LogP contribution in [0.25, 0.3) is 10.9 Å². The number of para-hydroxylation sites is 1. The van der Waals surface area contributed by atoms with Crippen LogP contribution in [0.4, 0.5) is 0 Å². The Kier molecular flexibility index (Phi) is 5.03. The Morgan fingerprint density at radius 3 is 2.62 bits per heavy atom. The molecule has 0 aliphatic heterocycles. The van der Waals surface area contributed by atoms with Gasteiger partial charge in [-0.3, -0.25) is 0 Å². The minimum absolute atomic E-state index is 0.0788. The SMILES string of the molecule is CNC[C@@H](O)C(C)C(c1cccc(C)c1)n1ccc2ccccc21. The van der Waals surface area contributed by atoms with E-state index in [0.717, 1.165) is 0 Å². The molecule has 0 bridgehead atoms. The molecule has 0 aliphatic carbocycles. The smallest absolute Gasteiger partial charge is 0.0713 e. The van der Waals surface area contributed by atoms with E-state index in [0.29, 0.717) is 6.54 Å². The summed E-state index contributed by atoms with van der Waals surface area (Å²) in [6.45, 7) is 4.83. The van der Waals surface area contributed by atoms with Gasteiger partial charge >= 0.3 is 0 Å². The van der Waals surface area contributed by atoms with E-state index in [-0.39, 0.29) is 12.0 Å². The first-order valence-electron chi connectivity index (χ1n) is 8.56. The highest BCUT2D eigenvalue weighted by Crippen LogP contribution is 2.33. The lowest BCUT2D eigenvalue weighted by Gasteiger charge is -2.31. The van der Waals surface area contributed by atoms with Gasteiger partial charge in [0.1, 0.15) is 0 Å². The second kappa shape index (κ2) is 7.20. The van der Waals surface area contributed by atoms with Gasteiger partial charge in [0.25, 0.3) is 0 Å². The van der Waals surface area contributed by atoms with Gasteiger partial charge in [0.15, 0.2) is 0 Å². The minimum Gasteiger partial charge on any atom is -0.391 e. The fourth-order valence-electron chi connectivity index (χ4n) is 3.52. The molecule has 3 nitrogen and oxygen atoms in total. The number of aliphatic hydroxyl groups excluding tert-OH is 1. The number of fused-ring (bicyclic) bond motifs is 1. The average molecular weight is 322 g/mol. The maximum Gasteiger partial charge on any atom is 0.0713 e. The van der Waals surface area contributed by atoms with Gasteiger partial charge < -0.3 is 15.0 Å². The van der Waals surface area contributed by atoms with E-state index in [2.05, 4.69) is 84.5 Å². The van der Waals surface area contributed by atoms with Crippen LogP contribution in [-0.4, -0.2) is 29.4 Å². The lowest BCUT2D eigenvalue weighted by molar-refractivity contribution is 0.0966. The van der Waals surface area contributed by atoms with Crippen LogP contribution in [0.5, 0.6) is 0 Å². The van der Waals surface area contributed by atoms with Gasteiger partial charge in [-0.2, -0.15) is 0 Å². The first kappa shape index (κ1) is 16.7. The topological polar surface area (TPSA) is 37.2 Å². The monoisotopic (exact) mass is 322 g/mol. The van der Waals surface area contributed by atoms with Crippen molar-refractivity contribution < 1.29 is 5.11 Å². The van der Waals surface area contributed by atoms with Crippen LogP contribution in [0.1, 0.15) is 24.1 Å². The number of benzene rings is 2. The zero-order valence-corrected chi connectivity index (χ0v) is 14.6. The number of aromatic nitrogens is 1. The summed E-state index contributed by atoms with van der Waals surface area (Å²) in [6, 6.07) is 19.3. The molecule has 0 fully saturated rings. The molecule has 2 N–H and O–H groups in total. The number of hydrogen-bond acceptors (Lipinski definition) is 2. The van der Waals surface area contributed by atoms with E-state index in [1.165, 1.54) is 22.0 Å². The van der Waals surface area contributed by atoms with Crippen molar-refractivity contribution in [2.75, 3.05) is 13.6 Å². The molecule has 2 aromatic carbocycles. The maximum atomic E-state index is 10.6. The molecule has 3 heteroatoms. The van der Waals surface area contributed by atoms with Crippen LogP contribution >= 0.6 is 0 Å². The Bertz CT molecular complexity index is 808. The van der Waals surface area contributed by atoms with E-state index < -0.39 is 6.10 Å². The summed E-state index contributed by atoms with van der Waals surface area (Å²) >= 11 is 0. The number of aryl methyl sites for hydroxylation is 1. The lowest BCUT2D eigenvalue weighted by atomic mass is 9.89. The zero-order valence-electron chi connectivity index (χ0n) is 14.6. The number of hydrogen-bond donors (Lipinski definition) is 2. The molecule has 24 heavy (non-hydrogen) atoms. The second-order valence-corrected chi connectivity index (χ2v) is 6.62. The maximum absolute atomic E-state index is 10.6. The first-order valence-corrected chi connectivity index (χ1v) is 8.56. The van der Waals surface area contributed by atoms with Gasteiger partial charge in [-0.1, -0.05) is 55.0 Å². The van der Waals surface area contributed by atoms with E-state index in [9.17, 15) is 5.11 Å². The van der Waals surface area contributed by atoms with Gasteiger partial charge in [0.05, 0.1) is 12.1 Å². The Balaban J connectivity index is 2.11. The summed E-state index contributed by atoms with van der Waals surface area (Å²) in [5.74, 6) is 0.0788. The summed E-state index contributed by atoms with van der Waals surface area (Å²) < 4.78 is 2.30. The first-order chi connectivity index (χ1) is 11.6. The summed E-state index contributed by atoms with van der Waals surface area (Å²) in [5.41, 5.74) is 3.68. The molecule has 2 unspecified atom stereocenters. The van der Waals surface area contributed by atoms with E-state index in [1.54, 1.807) is 0 Å². The second-order valence-electron chi connectivity index (χ2n) is 6.62. The third-order valence-electron chi connectivity index (χ3n) is 4.83. The van der Waals surface area contributed by atoms with Gasteiger partial charge in [0, 0.05) is 24.2 Å². The molecule has 126 valence electrons. The van der Waals surface area contributed by atoms with Crippen LogP contribution in [-0.2, 0) is 0 Å². The summed E-state index contributed by atoms with van der Waals surface area (Å²) in [7, 11) is 1.88. The van der Waals surface area contributed by atoms with Crippen molar-refractivity contribution in [2.45, 2.75) is 26.0 Å².